The summed E-state index contributed by atoms with van der Waals surface area (Å²) in [5.41, 5.74) is 0.730. The molecular weight excluding hydrogens is 328 g/mol. The summed E-state index contributed by atoms with van der Waals surface area (Å²) in [7, 11) is -2.99. The van der Waals surface area contributed by atoms with Gasteiger partial charge in [-0.05, 0) is 45.2 Å². The van der Waals surface area contributed by atoms with Gasteiger partial charge in [-0.25, -0.2) is 17.7 Å². The fraction of sp³-hybridized carbons (Fsp3) is 0.750. The summed E-state index contributed by atoms with van der Waals surface area (Å²) in [5, 5.41) is 0. The van der Waals surface area contributed by atoms with Crippen LogP contribution in [-0.2, 0) is 16.6 Å². The second-order valence-electron chi connectivity index (χ2n) is 6.89. The Bertz CT molecular complexity index is 723. The second kappa shape index (κ2) is 7.33. The molecule has 0 N–H and O–H groups in total. The third-order valence-electron chi connectivity index (χ3n) is 5.10. The molecule has 0 bridgehead atoms. The van der Waals surface area contributed by atoms with Crippen molar-refractivity contribution >= 4 is 10.0 Å². The van der Waals surface area contributed by atoms with E-state index >= 15 is 0 Å². The first-order valence-electron chi connectivity index (χ1n) is 8.67. The molecule has 0 atom stereocenters. The van der Waals surface area contributed by atoms with Gasteiger partial charge in [0.1, 0.15) is 0 Å². The average molecular weight is 354 g/mol. The van der Waals surface area contributed by atoms with Crippen LogP contribution in [-0.4, -0.2) is 65.7 Å². The van der Waals surface area contributed by atoms with Crippen LogP contribution in [0.5, 0.6) is 0 Å². The van der Waals surface area contributed by atoms with E-state index in [1.165, 1.54) is 0 Å². The summed E-state index contributed by atoms with van der Waals surface area (Å²) in [4.78, 5) is 18.5. The summed E-state index contributed by atoms with van der Waals surface area (Å²) in [5.74, 6) is 0.784. The Morgan fingerprint density at radius 2 is 1.96 bits per heavy atom. The number of sulfonamides is 1. The van der Waals surface area contributed by atoms with Crippen molar-refractivity contribution in [2.24, 2.45) is 5.92 Å². The fourth-order valence-corrected chi connectivity index (χ4v) is 5.08. The topological polar surface area (TPSA) is 75.5 Å². The molecule has 2 aliphatic rings. The van der Waals surface area contributed by atoms with Gasteiger partial charge in [-0.3, -0.25) is 9.36 Å². The molecule has 0 amide bonds. The highest BCUT2D eigenvalue weighted by Gasteiger charge is 2.28. The lowest BCUT2D eigenvalue weighted by atomic mass is 9.96. The van der Waals surface area contributed by atoms with E-state index in [2.05, 4.69) is 9.88 Å². The smallest absolute Gasteiger partial charge is 0.256 e. The van der Waals surface area contributed by atoms with Crippen LogP contribution in [0.15, 0.2) is 17.3 Å². The van der Waals surface area contributed by atoms with E-state index in [0.717, 1.165) is 45.4 Å². The molecule has 0 aliphatic carbocycles. The van der Waals surface area contributed by atoms with E-state index < -0.39 is 10.0 Å². The molecule has 0 unspecified atom stereocenters. The van der Waals surface area contributed by atoms with Gasteiger partial charge in [0.05, 0.1) is 12.1 Å². The lowest BCUT2D eigenvalue weighted by molar-refractivity contribution is 0.165. The van der Waals surface area contributed by atoms with Gasteiger partial charge < -0.3 is 4.90 Å². The summed E-state index contributed by atoms with van der Waals surface area (Å²) < 4.78 is 27.0. The zero-order valence-corrected chi connectivity index (χ0v) is 15.0. The van der Waals surface area contributed by atoms with Crippen LogP contribution < -0.4 is 5.56 Å². The van der Waals surface area contributed by atoms with E-state index in [4.69, 9.17) is 0 Å². The average Bonchev–Trinajstić information content (AvgIpc) is 2.90. The van der Waals surface area contributed by atoms with Gasteiger partial charge in [0.25, 0.3) is 5.56 Å². The molecule has 3 heterocycles. The van der Waals surface area contributed by atoms with E-state index in [-0.39, 0.29) is 5.56 Å². The Morgan fingerprint density at radius 1 is 1.21 bits per heavy atom. The van der Waals surface area contributed by atoms with Crippen molar-refractivity contribution < 1.29 is 8.42 Å². The highest BCUT2D eigenvalue weighted by Crippen LogP contribution is 2.19. The maximum absolute atomic E-state index is 12.1. The first-order valence-corrected chi connectivity index (χ1v) is 10.3. The van der Waals surface area contributed by atoms with E-state index in [0.29, 0.717) is 30.3 Å². The Morgan fingerprint density at radius 3 is 2.62 bits per heavy atom. The largest absolute Gasteiger partial charge is 0.302 e. The van der Waals surface area contributed by atoms with Gasteiger partial charge in [-0.1, -0.05) is 0 Å². The van der Waals surface area contributed by atoms with Crippen LogP contribution in [0.2, 0.25) is 0 Å². The molecule has 2 aliphatic heterocycles. The molecule has 1 aromatic rings. The Labute approximate surface area is 143 Å². The third kappa shape index (κ3) is 4.04. The lowest BCUT2D eigenvalue weighted by Gasteiger charge is -2.32. The SMILES string of the molecule is Cc1cncn(CC2CCN(CCN3CCCS3(=O)=O)CC2)c1=O. The van der Waals surface area contributed by atoms with Crippen LogP contribution in [0.1, 0.15) is 24.8 Å². The standard InChI is InChI=1S/C16H26N4O3S/c1-14-11-17-13-19(16(14)21)12-15-3-6-18(7-4-15)8-9-20-5-2-10-24(20,22)23/h11,13,15H,2-10,12H2,1H3. The highest BCUT2D eigenvalue weighted by atomic mass is 32.2. The quantitative estimate of drug-likeness (QED) is 0.760. The number of aryl methyl sites for hydroxylation is 1. The summed E-state index contributed by atoms with van der Waals surface area (Å²) in [6.07, 6.45) is 6.05. The minimum absolute atomic E-state index is 0.0478. The number of nitrogens with zero attached hydrogens (tertiary/aromatic N) is 4. The van der Waals surface area contributed by atoms with Crippen LogP contribution in [0, 0.1) is 12.8 Å². The molecule has 8 heteroatoms. The number of hydrogen-bond acceptors (Lipinski definition) is 5. The van der Waals surface area contributed by atoms with Crippen molar-refractivity contribution in [2.45, 2.75) is 32.7 Å². The number of piperidine rings is 1. The maximum Gasteiger partial charge on any atom is 0.256 e. The van der Waals surface area contributed by atoms with Crippen LogP contribution in [0.4, 0.5) is 0 Å². The van der Waals surface area contributed by atoms with E-state index in [1.54, 1.807) is 28.3 Å². The molecular formula is C16H26N4O3S. The molecule has 2 fully saturated rings. The monoisotopic (exact) mass is 354 g/mol. The van der Waals surface area contributed by atoms with E-state index in [9.17, 15) is 13.2 Å². The van der Waals surface area contributed by atoms with Crippen molar-refractivity contribution in [3.63, 3.8) is 0 Å². The Hall–Kier alpha value is -1.25. The fourth-order valence-electron chi connectivity index (χ4n) is 3.56. The maximum atomic E-state index is 12.1. The van der Waals surface area contributed by atoms with Gasteiger partial charge in [-0.2, -0.15) is 0 Å². The van der Waals surface area contributed by atoms with Crippen molar-refractivity contribution in [3.05, 3.63) is 28.4 Å². The van der Waals surface area contributed by atoms with Gasteiger partial charge in [0, 0.05) is 37.9 Å². The molecule has 0 saturated carbocycles. The van der Waals surface area contributed by atoms with Gasteiger partial charge in [0.15, 0.2) is 0 Å². The lowest BCUT2D eigenvalue weighted by Crippen LogP contribution is -2.41. The molecule has 0 spiro atoms. The molecule has 2 saturated heterocycles. The summed E-state index contributed by atoms with van der Waals surface area (Å²) in [6, 6.07) is 0. The van der Waals surface area contributed by atoms with Gasteiger partial charge in [0.2, 0.25) is 10.0 Å². The third-order valence-corrected chi connectivity index (χ3v) is 7.06. The molecule has 0 aromatic carbocycles. The molecule has 3 rings (SSSR count). The first kappa shape index (κ1) is 17.6. The number of likely N-dealkylation sites (tertiary alicyclic amines) is 1. The Kier molecular flexibility index (Phi) is 5.36. The number of hydrogen-bond donors (Lipinski definition) is 0. The van der Waals surface area contributed by atoms with Crippen LogP contribution in [0.3, 0.4) is 0 Å². The molecule has 0 radical (unpaired) electrons. The molecule has 24 heavy (non-hydrogen) atoms. The number of aromatic nitrogens is 2. The minimum atomic E-state index is -2.99. The normalized spacial score (nSPS) is 22.9. The minimum Gasteiger partial charge on any atom is -0.302 e. The van der Waals surface area contributed by atoms with Crippen molar-refractivity contribution in [1.29, 1.82) is 0 Å². The van der Waals surface area contributed by atoms with Crippen molar-refractivity contribution in [3.8, 4) is 0 Å². The second-order valence-corrected chi connectivity index (χ2v) is 8.98. The van der Waals surface area contributed by atoms with Crippen molar-refractivity contribution in [1.82, 2.24) is 18.8 Å². The summed E-state index contributed by atoms with van der Waals surface area (Å²) >= 11 is 0. The van der Waals surface area contributed by atoms with Gasteiger partial charge in [-0.15, -0.1) is 0 Å². The van der Waals surface area contributed by atoms with Gasteiger partial charge >= 0.3 is 0 Å². The zero-order chi connectivity index (χ0) is 17.2. The molecule has 7 nitrogen and oxygen atoms in total. The van der Waals surface area contributed by atoms with Crippen LogP contribution in [0.25, 0.3) is 0 Å². The Balaban J connectivity index is 1.46. The molecule has 134 valence electrons. The molecule has 1 aromatic heterocycles. The predicted molar refractivity (Wildman–Crippen MR) is 92.4 cm³/mol. The first-order chi connectivity index (χ1) is 11.5. The number of rotatable bonds is 5. The van der Waals surface area contributed by atoms with Crippen LogP contribution >= 0.6 is 0 Å². The highest BCUT2D eigenvalue weighted by molar-refractivity contribution is 7.89. The van der Waals surface area contributed by atoms with Crippen molar-refractivity contribution in [2.75, 3.05) is 38.5 Å². The van der Waals surface area contributed by atoms with E-state index in [1.807, 2.05) is 0 Å². The summed E-state index contributed by atoms with van der Waals surface area (Å²) in [6.45, 7) is 6.52. The zero-order valence-electron chi connectivity index (χ0n) is 14.2. The predicted octanol–water partition coefficient (Wildman–Crippen LogP) is 0.299.